The minimum atomic E-state index is -0.423. The fraction of sp³-hybridized carbons (Fsp3) is 0.615. The van der Waals surface area contributed by atoms with E-state index in [4.69, 9.17) is 5.84 Å². The summed E-state index contributed by atoms with van der Waals surface area (Å²) in [6.45, 7) is 6.22. The van der Waals surface area contributed by atoms with Crippen molar-refractivity contribution >= 4 is 17.3 Å². The van der Waals surface area contributed by atoms with Gasteiger partial charge in [0.25, 0.3) is 5.69 Å². The first kappa shape index (κ1) is 14.5. The third kappa shape index (κ3) is 3.36. The highest BCUT2D eigenvalue weighted by molar-refractivity contribution is 5.55. The normalized spacial score (nSPS) is 18.4. The van der Waals surface area contributed by atoms with Gasteiger partial charge >= 0.3 is 0 Å². The van der Waals surface area contributed by atoms with E-state index in [0.717, 1.165) is 32.4 Å². The average Bonchev–Trinajstić information content (AvgIpc) is 2.59. The van der Waals surface area contributed by atoms with Gasteiger partial charge in [-0.15, -0.1) is 0 Å². The summed E-state index contributed by atoms with van der Waals surface area (Å²) in [7, 11) is 0. The predicted octanol–water partition coefficient (Wildman–Crippen LogP) is 2.29. The lowest BCUT2D eigenvalue weighted by Gasteiger charge is -2.24. The Bertz CT molecular complexity index is 504. The van der Waals surface area contributed by atoms with Gasteiger partial charge in [0, 0.05) is 13.1 Å². The predicted molar refractivity (Wildman–Crippen MR) is 78.5 cm³/mol. The number of hydrogen-bond acceptors (Lipinski definition) is 6. The smallest absolute Gasteiger partial charge is 0.276 e. The van der Waals surface area contributed by atoms with Gasteiger partial charge in [-0.25, -0.2) is 10.8 Å². The lowest BCUT2D eigenvalue weighted by molar-refractivity contribution is -0.384. The van der Waals surface area contributed by atoms with E-state index in [1.807, 2.05) is 0 Å². The number of nitro groups is 1. The zero-order valence-corrected chi connectivity index (χ0v) is 11.9. The van der Waals surface area contributed by atoms with Crippen LogP contribution in [0.5, 0.6) is 0 Å². The second-order valence-electron chi connectivity index (χ2n) is 5.98. The number of aromatic nitrogens is 1. The summed E-state index contributed by atoms with van der Waals surface area (Å²) in [6.07, 6.45) is 3.26. The lowest BCUT2D eigenvalue weighted by atomic mass is 9.85. The Labute approximate surface area is 118 Å². The van der Waals surface area contributed by atoms with E-state index >= 15 is 0 Å². The molecule has 1 fully saturated rings. The van der Waals surface area contributed by atoms with Gasteiger partial charge in [0.1, 0.15) is 11.6 Å². The zero-order valence-electron chi connectivity index (χ0n) is 11.9. The number of hydrogen-bond donors (Lipinski definition) is 2. The standard InChI is InChI=1S/C13H21N5O2/c1-13(2)4-3-6-17(7-5-13)12-9-10(18(19)20)8-11(15-12)16-14/h8-9H,3-7,14H2,1-2H3,(H,15,16). The molecule has 20 heavy (non-hydrogen) atoms. The second kappa shape index (κ2) is 5.62. The molecule has 0 saturated carbocycles. The molecule has 0 spiro atoms. The van der Waals surface area contributed by atoms with Crippen LogP contribution >= 0.6 is 0 Å². The molecule has 1 saturated heterocycles. The van der Waals surface area contributed by atoms with Crippen LogP contribution in [0.1, 0.15) is 33.1 Å². The van der Waals surface area contributed by atoms with Crippen molar-refractivity contribution in [3.05, 3.63) is 22.2 Å². The maximum atomic E-state index is 11.0. The Hall–Kier alpha value is -1.89. The van der Waals surface area contributed by atoms with Crippen molar-refractivity contribution in [2.75, 3.05) is 23.4 Å². The van der Waals surface area contributed by atoms with Crippen molar-refractivity contribution in [3.8, 4) is 0 Å². The Balaban J connectivity index is 2.27. The topological polar surface area (TPSA) is 97.3 Å². The molecule has 110 valence electrons. The summed E-state index contributed by atoms with van der Waals surface area (Å²) in [5.74, 6) is 6.27. The number of nitrogens with one attached hydrogen (secondary N) is 1. The van der Waals surface area contributed by atoms with E-state index in [9.17, 15) is 10.1 Å². The average molecular weight is 279 g/mol. The van der Waals surface area contributed by atoms with E-state index in [0.29, 0.717) is 17.1 Å². The van der Waals surface area contributed by atoms with Crippen molar-refractivity contribution in [1.29, 1.82) is 0 Å². The fourth-order valence-corrected chi connectivity index (χ4v) is 2.50. The fourth-order valence-electron chi connectivity index (χ4n) is 2.50. The lowest BCUT2D eigenvalue weighted by Crippen LogP contribution is -2.26. The SMILES string of the molecule is CC1(C)CCCN(c2cc([N+](=O)[O-])cc(NN)n2)CC1. The Morgan fingerprint density at radius 2 is 2.15 bits per heavy atom. The number of rotatable bonds is 3. The van der Waals surface area contributed by atoms with Crippen LogP contribution in [0.15, 0.2) is 12.1 Å². The van der Waals surface area contributed by atoms with Crippen molar-refractivity contribution in [3.63, 3.8) is 0 Å². The summed E-state index contributed by atoms with van der Waals surface area (Å²) >= 11 is 0. The number of anilines is 2. The quantitative estimate of drug-likeness (QED) is 0.500. The molecule has 1 aromatic heterocycles. The molecule has 7 heteroatoms. The second-order valence-corrected chi connectivity index (χ2v) is 5.98. The van der Waals surface area contributed by atoms with Crippen molar-refractivity contribution in [2.24, 2.45) is 11.3 Å². The van der Waals surface area contributed by atoms with Crippen LogP contribution in [0.4, 0.5) is 17.3 Å². The molecule has 0 aliphatic carbocycles. The highest BCUT2D eigenvalue weighted by Crippen LogP contribution is 2.32. The molecule has 3 N–H and O–H groups in total. The third-order valence-electron chi connectivity index (χ3n) is 3.82. The molecule has 0 atom stereocenters. The Morgan fingerprint density at radius 3 is 2.80 bits per heavy atom. The third-order valence-corrected chi connectivity index (χ3v) is 3.82. The molecular weight excluding hydrogens is 258 g/mol. The van der Waals surface area contributed by atoms with Crippen molar-refractivity contribution < 1.29 is 4.92 Å². The van der Waals surface area contributed by atoms with Gasteiger partial charge in [0.05, 0.1) is 17.1 Å². The first-order valence-electron chi connectivity index (χ1n) is 6.79. The molecular formula is C13H21N5O2. The van der Waals surface area contributed by atoms with Crippen LogP contribution in [0.25, 0.3) is 0 Å². The molecule has 1 aliphatic rings. The van der Waals surface area contributed by atoms with E-state index in [1.54, 1.807) is 0 Å². The minimum absolute atomic E-state index is 0.00598. The van der Waals surface area contributed by atoms with Crippen LogP contribution in [0.3, 0.4) is 0 Å². The van der Waals surface area contributed by atoms with Gasteiger partial charge in [-0.1, -0.05) is 13.8 Å². The summed E-state index contributed by atoms with van der Waals surface area (Å²) in [5, 5.41) is 11.0. The van der Waals surface area contributed by atoms with Crippen LogP contribution in [-0.4, -0.2) is 23.0 Å². The van der Waals surface area contributed by atoms with E-state index in [2.05, 4.69) is 29.2 Å². The number of nitrogen functional groups attached to an aromatic ring is 1. The van der Waals surface area contributed by atoms with Crippen LogP contribution in [0.2, 0.25) is 0 Å². The summed E-state index contributed by atoms with van der Waals surface area (Å²) in [4.78, 5) is 17.0. The van der Waals surface area contributed by atoms with Crippen LogP contribution < -0.4 is 16.2 Å². The maximum absolute atomic E-state index is 11.0. The number of nitrogens with zero attached hydrogens (tertiary/aromatic N) is 3. The molecule has 1 aliphatic heterocycles. The van der Waals surface area contributed by atoms with E-state index in [-0.39, 0.29) is 5.69 Å². The molecule has 0 unspecified atom stereocenters. The highest BCUT2D eigenvalue weighted by atomic mass is 16.6. The summed E-state index contributed by atoms with van der Waals surface area (Å²) in [5.41, 5.74) is 2.71. The van der Waals surface area contributed by atoms with Crippen molar-refractivity contribution in [1.82, 2.24) is 4.98 Å². The molecule has 0 bridgehead atoms. The molecule has 7 nitrogen and oxygen atoms in total. The molecule has 2 rings (SSSR count). The first-order valence-corrected chi connectivity index (χ1v) is 6.79. The minimum Gasteiger partial charge on any atom is -0.356 e. The molecule has 0 aromatic carbocycles. The van der Waals surface area contributed by atoms with Gasteiger partial charge < -0.3 is 10.3 Å². The number of nitrogens with two attached hydrogens (primary N) is 1. The summed E-state index contributed by atoms with van der Waals surface area (Å²) < 4.78 is 0. The van der Waals surface area contributed by atoms with Gasteiger partial charge in [-0.3, -0.25) is 10.1 Å². The number of hydrazine groups is 1. The van der Waals surface area contributed by atoms with Gasteiger partial charge in [-0.05, 0) is 24.7 Å². The van der Waals surface area contributed by atoms with Crippen molar-refractivity contribution in [2.45, 2.75) is 33.1 Å². The summed E-state index contributed by atoms with van der Waals surface area (Å²) in [6, 6.07) is 2.85. The van der Waals surface area contributed by atoms with Crippen LogP contribution in [0, 0.1) is 15.5 Å². The highest BCUT2D eigenvalue weighted by Gasteiger charge is 2.24. The van der Waals surface area contributed by atoms with E-state index in [1.165, 1.54) is 12.1 Å². The Kier molecular flexibility index (Phi) is 4.08. The molecule has 0 radical (unpaired) electrons. The first-order chi connectivity index (χ1) is 9.41. The zero-order chi connectivity index (χ0) is 14.8. The van der Waals surface area contributed by atoms with E-state index < -0.39 is 4.92 Å². The van der Waals surface area contributed by atoms with Gasteiger partial charge in [-0.2, -0.15) is 0 Å². The number of pyridine rings is 1. The monoisotopic (exact) mass is 279 g/mol. The molecule has 0 amide bonds. The van der Waals surface area contributed by atoms with Gasteiger partial charge in [0.2, 0.25) is 0 Å². The maximum Gasteiger partial charge on any atom is 0.276 e. The Morgan fingerprint density at radius 1 is 1.40 bits per heavy atom. The molecule has 1 aromatic rings. The molecule has 2 heterocycles. The van der Waals surface area contributed by atoms with Gasteiger partial charge in [0.15, 0.2) is 0 Å². The largest absolute Gasteiger partial charge is 0.356 e. The van der Waals surface area contributed by atoms with Crippen LogP contribution in [-0.2, 0) is 0 Å².